The molecule has 150 valence electrons. The van der Waals surface area contributed by atoms with E-state index in [1.54, 1.807) is 42.5 Å². The second-order valence-corrected chi connectivity index (χ2v) is 8.97. The molecule has 0 atom stereocenters. The lowest BCUT2D eigenvalue weighted by Crippen LogP contribution is -2.49. The minimum absolute atomic E-state index is 0.130. The van der Waals surface area contributed by atoms with E-state index >= 15 is 0 Å². The van der Waals surface area contributed by atoms with Gasteiger partial charge >= 0.3 is 0 Å². The van der Waals surface area contributed by atoms with Crippen molar-refractivity contribution in [2.24, 2.45) is 0 Å². The first kappa shape index (κ1) is 20.2. The molecule has 0 spiro atoms. The highest BCUT2D eigenvalue weighted by Gasteiger charge is 2.26. The van der Waals surface area contributed by atoms with E-state index in [4.69, 9.17) is 0 Å². The fourth-order valence-corrected chi connectivity index (χ4v) is 4.39. The first-order chi connectivity index (χ1) is 13.3. The molecule has 1 aromatic carbocycles. The molecule has 2 aromatic rings. The Bertz CT molecular complexity index is 926. The van der Waals surface area contributed by atoms with Crippen LogP contribution >= 0.6 is 0 Å². The zero-order chi connectivity index (χ0) is 20.3. The Balaban J connectivity index is 1.72. The summed E-state index contributed by atoms with van der Waals surface area (Å²) in [4.78, 5) is 25.3. The van der Waals surface area contributed by atoms with E-state index in [0.717, 1.165) is 0 Å². The third kappa shape index (κ3) is 4.15. The SMILES string of the molecule is CC(C)N(C)S(=O)(=O)c1cccc(C(=O)N2CCN(c3ncccn3)CC2)c1. The van der Waals surface area contributed by atoms with Crippen LogP contribution in [0.15, 0.2) is 47.6 Å². The van der Waals surface area contributed by atoms with Gasteiger partial charge in [-0.25, -0.2) is 18.4 Å². The topological polar surface area (TPSA) is 86.7 Å². The van der Waals surface area contributed by atoms with Crippen LogP contribution in [0.1, 0.15) is 24.2 Å². The van der Waals surface area contributed by atoms with Crippen LogP contribution in [0.5, 0.6) is 0 Å². The monoisotopic (exact) mass is 403 g/mol. The number of anilines is 1. The lowest BCUT2D eigenvalue weighted by Gasteiger charge is -2.34. The minimum atomic E-state index is -3.63. The predicted octanol–water partition coefficient (Wildman–Crippen LogP) is 1.47. The first-order valence-electron chi connectivity index (χ1n) is 9.20. The van der Waals surface area contributed by atoms with Crippen LogP contribution in [0.2, 0.25) is 0 Å². The van der Waals surface area contributed by atoms with Gasteiger partial charge in [-0.15, -0.1) is 0 Å². The highest BCUT2D eigenvalue weighted by molar-refractivity contribution is 7.89. The van der Waals surface area contributed by atoms with Crippen LogP contribution in [-0.2, 0) is 10.0 Å². The zero-order valence-corrected chi connectivity index (χ0v) is 17.1. The number of hydrogen-bond donors (Lipinski definition) is 0. The molecular formula is C19H25N5O3S. The summed E-state index contributed by atoms with van der Waals surface area (Å²) in [6.07, 6.45) is 3.39. The molecule has 9 heteroatoms. The molecule has 1 aliphatic heterocycles. The van der Waals surface area contributed by atoms with E-state index in [1.165, 1.54) is 16.4 Å². The van der Waals surface area contributed by atoms with Crippen LogP contribution in [0.25, 0.3) is 0 Å². The lowest BCUT2D eigenvalue weighted by molar-refractivity contribution is 0.0746. The number of benzene rings is 1. The number of aromatic nitrogens is 2. The fraction of sp³-hybridized carbons (Fsp3) is 0.421. The number of carbonyl (C=O) groups is 1. The van der Waals surface area contributed by atoms with Crippen molar-refractivity contribution in [1.82, 2.24) is 19.2 Å². The second-order valence-electron chi connectivity index (χ2n) is 6.97. The Kier molecular flexibility index (Phi) is 5.95. The van der Waals surface area contributed by atoms with Gasteiger partial charge in [0.25, 0.3) is 5.91 Å². The summed E-state index contributed by atoms with van der Waals surface area (Å²) in [5, 5.41) is 0. The Labute approximate surface area is 165 Å². The maximum absolute atomic E-state index is 12.9. The number of sulfonamides is 1. The van der Waals surface area contributed by atoms with Gasteiger partial charge in [0, 0.05) is 57.2 Å². The number of carbonyl (C=O) groups excluding carboxylic acids is 1. The number of rotatable bonds is 5. The number of amides is 1. The van der Waals surface area contributed by atoms with Crippen LogP contribution in [0.3, 0.4) is 0 Å². The molecule has 0 aliphatic carbocycles. The van der Waals surface area contributed by atoms with Crippen molar-refractivity contribution in [1.29, 1.82) is 0 Å². The second kappa shape index (κ2) is 8.24. The van der Waals surface area contributed by atoms with E-state index in [0.29, 0.717) is 37.7 Å². The molecule has 1 fully saturated rings. The van der Waals surface area contributed by atoms with Gasteiger partial charge in [0.2, 0.25) is 16.0 Å². The first-order valence-corrected chi connectivity index (χ1v) is 10.6. The quantitative estimate of drug-likeness (QED) is 0.751. The summed E-state index contributed by atoms with van der Waals surface area (Å²) in [5.74, 6) is 0.484. The maximum Gasteiger partial charge on any atom is 0.254 e. The molecule has 1 saturated heterocycles. The van der Waals surface area contributed by atoms with Crippen molar-refractivity contribution in [2.45, 2.75) is 24.8 Å². The van der Waals surface area contributed by atoms with Gasteiger partial charge in [-0.05, 0) is 38.1 Å². The average Bonchev–Trinajstić information content (AvgIpc) is 2.73. The van der Waals surface area contributed by atoms with Gasteiger partial charge in [-0.3, -0.25) is 4.79 Å². The minimum Gasteiger partial charge on any atom is -0.337 e. The van der Waals surface area contributed by atoms with Crippen LogP contribution in [0.4, 0.5) is 5.95 Å². The summed E-state index contributed by atoms with van der Waals surface area (Å²) >= 11 is 0. The van der Waals surface area contributed by atoms with Crippen LogP contribution in [0, 0.1) is 0 Å². The van der Waals surface area contributed by atoms with Crippen molar-refractivity contribution < 1.29 is 13.2 Å². The van der Waals surface area contributed by atoms with Gasteiger partial charge in [-0.1, -0.05) is 6.07 Å². The molecule has 1 amide bonds. The van der Waals surface area contributed by atoms with Gasteiger partial charge < -0.3 is 9.80 Å². The Morgan fingerprint density at radius 3 is 2.32 bits per heavy atom. The van der Waals surface area contributed by atoms with Crippen LogP contribution < -0.4 is 4.90 Å². The number of nitrogens with zero attached hydrogens (tertiary/aromatic N) is 5. The summed E-state index contributed by atoms with van der Waals surface area (Å²) in [6, 6.07) is 7.85. The van der Waals surface area contributed by atoms with Gasteiger partial charge in [0.05, 0.1) is 4.90 Å². The molecule has 0 saturated carbocycles. The molecule has 8 nitrogen and oxygen atoms in total. The van der Waals surface area contributed by atoms with Crippen LogP contribution in [-0.4, -0.2) is 72.8 Å². The molecule has 3 rings (SSSR count). The average molecular weight is 404 g/mol. The lowest BCUT2D eigenvalue weighted by atomic mass is 10.2. The molecule has 1 aliphatic rings. The van der Waals surface area contributed by atoms with E-state index in [1.807, 2.05) is 18.7 Å². The van der Waals surface area contributed by atoms with Crippen molar-refractivity contribution in [3.63, 3.8) is 0 Å². The summed E-state index contributed by atoms with van der Waals surface area (Å²) in [5.41, 5.74) is 0.377. The predicted molar refractivity (Wildman–Crippen MR) is 107 cm³/mol. The summed E-state index contributed by atoms with van der Waals surface area (Å²) < 4.78 is 26.7. The number of hydrogen-bond acceptors (Lipinski definition) is 6. The maximum atomic E-state index is 12.9. The normalized spacial score (nSPS) is 15.3. The van der Waals surface area contributed by atoms with Crippen molar-refractivity contribution in [3.05, 3.63) is 48.3 Å². The molecule has 0 N–H and O–H groups in total. The molecule has 0 bridgehead atoms. The third-order valence-electron chi connectivity index (χ3n) is 4.89. The van der Waals surface area contributed by atoms with Gasteiger partial charge in [0.1, 0.15) is 0 Å². The zero-order valence-electron chi connectivity index (χ0n) is 16.3. The standard InChI is InChI=1S/C19H25N5O3S/c1-15(2)22(3)28(26,27)17-7-4-6-16(14-17)18(25)23-10-12-24(13-11-23)19-20-8-5-9-21-19/h4-9,14-15H,10-13H2,1-3H3. The Morgan fingerprint density at radius 1 is 1.07 bits per heavy atom. The summed E-state index contributed by atoms with van der Waals surface area (Å²) in [6.45, 7) is 5.93. The molecular weight excluding hydrogens is 378 g/mol. The van der Waals surface area contributed by atoms with E-state index < -0.39 is 10.0 Å². The van der Waals surface area contributed by atoms with Crippen molar-refractivity contribution in [2.75, 3.05) is 38.1 Å². The van der Waals surface area contributed by atoms with E-state index in [2.05, 4.69) is 9.97 Å². The van der Waals surface area contributed by atoms with E-state index in [-0.39, 0.29) is 16.8 Å². The van der Waals surface area contributed by atoms with Gasteiger partial charge in [-0.2, -0.15) is 4.31 Å². The highest BCUT2D eigenvalue weighted by Crippen LogP contribution is 2.19. The highest BCUT2D eigenvalue weighted by atomic mass is 32.2. The third-order valence-corrected chi connectivity index (χ3v) is 6.92. The molecule has 1 aromatic heterocycles. The molecule has 2 heterocycles. The Morgan fingerprint density at radius 2 is 1.71 bits per heavy atom. The fourth-order valence-electron chi connectivity index (χ4n) is 2.98. The largest absolute Gasteiger partial charge is 0.337 e. The molecule has 0 radical (unpaired) electrons. The number of piperazine rings is 1. The molecule has 28 heavy (non-hydrogen) atoms. The Hall–Kier alpha value is -2.52. The van der Waals surface area contributed by atoms with E-state index in [9.17, 15) is 13.2 Å². The smallest absolute Gasteiger partial charge is 0.254 e. The molecule has 0 unspecified atom stereocenters. The van der Waals surface area contributed by atoms with Crippen molar-refractivity contribution in [3.8, 4) is 0 Å². The van der Waals surface area contributed by atoms with Crippen molar-refractivity contribution >= 4 is 21.9 Å². The van der Waals surface area contributed by atoms with Gasteiger partial charge in [0.15, 0.2) is 0 Å². The summed E-state index contributed by atoms with van der Waals surface area (Å²) in [7, 11) is -2.09.